The molecule has 0 aliphatic carbocycles. The van der Waals surface area contributed by atoms with Crippen molar-refractivity contribution in [1.82, 2.24) is 20.4 Å². The van der Waals surface area contributed by atoms with Crippen molar-refractivity contribution in [3.05, 3.63) is 35.7 Å². The summed E-state index contributed by atoms with van der Waals surface area (Å²) in [4.78, 5) is 18.8. The first-order valence-corrected chi connectivity index (χ1v) is 8.57. The molecule has 1 aromatic heterocycles. The molecule has 1 aliphatic rings. The van der Waals surface area contributed by atoms with Gasteiger partial charge in [0, 0.05) is 18.2 Å². The van der Waals surface area contributed by atoms with E-state index in [-0.39, 0.29) is 18.1 Å². The van der Waals surface area contributed by atoms with E-state index in [0.29, 0.717) is 11.7 Å². The van der Waals surface area contributed by atoms with Crippen molar-refractivity contribution in [2.75, 3.05) is 6.54 Å². The van der Waals surface area contributed by atoms with Crippen molar-refractivity contribution < 1.29 is 9.32 Å². The maximum Gasteiger partial charge on any atom is 0.318 e. The number of urea groups is 1. The van der Waals surface area contributed by atoms with Crippen LogP contribution in [0.4, 0.5) is 4.79 Å². The third-order valence-electron chi connectivity index (χ3n) is 4.61. The van der Waals surface area contributed by atoms with E-state index in [0.717, 1.165) is 36.9 Å². The lowest BCUT2D eigenvalue weighted by atomic mass is 10.1. The average Bonchev–Trinajstić information content (AvgIpc) is 3.24. The van der Waals surface area contributed by atoms with Gasteiger partial charge in [-0.05, 0) is 38.7 Å². The number of aromatic nitrogens is 2. The number of nitrogens with zero attached hydrogens (tertiary/aromatic N) is 3. The van der Waals surface area contributed by atoms with Crippen LogP contribution in [0.2, 0.25) is 0 Å². The first kappa shape index (κ1) is 16.5. The maximum absolute atomic E-state index is 12.5. The number of amides is 2. The number of carbonyl (C=O) groups excluding carboxylic acids is 1. The summed E-state index contributed by atoms with van der Waals surface area (Å²) in [5, 5.41) is 7.13. The lowest BCUT2D eigenvalue weighted by Gasteiger charge is -2.24. The SMILES string of the molecule is CC[C@@H](C)NC(=O)N1CCC[C@H]1c1nc(-c2ccccc2C)no1. The highest BCUT2D eigenvalue weighted by atomic mass is 16.5. The summed E-state index contributed by atoms with van der Waals surface area (Å²) in [5.74, 6) is 1.10. The lowest BCUT2D eigenvalue weighted by Crippen LogP contribution is -2.43. The normalized spacial score (nSPS) is 18.6. The van der Waals surface area contributed by atoms with E-state index in [2.05, 4.69) is 22.4 Å². The summed E-state index contributed by atoms with van der Waals surface area (Å²) in [6.45, 7) is 6.80. The van der Waals surface area contributed by atoms with Crippen LogP contribution in [0.15, 0.2) is 28.8 Å². The van der Waals surface area contributed by atoms with Gasteiger partial charge < -0.3 is 14.7 Å². The predicted molar refractivity (Wildman–Crippen MR) is 91.4 cm³/mol. The highest BCUT2D eigenvalue weighted by molar-refractivity contribution is 5.75. The Morgan fingerprint density at radius 3 is 3.00 bits per heavy atom. The van der Waals surface area contributed by atoms with Crippen molar-refractivity contribution in [1.29, 1.82) is 0 Å². The molecule has 2 atom stereocenters. The van der Waals surface area contributed by atoms with Crippen LogP contribution in [0.25, 0.3) is 11.4 Å². The lowest BCUT2D eigenvalue weighted by molar-refractivity contribution is 0.177. The van der Waals surface area contributed by atoms with Crippen molar-refractivity contribution in [3.63, 3.8) is 0 Å². The highest BCUT2D eigenvalue weighted by Gasteiger charge is 2.34. The van der Waals surface area contributed by atoms with Gasteiger partial charge in [0.2, 0.25) is 11.7 Å². The average molecular weight is 328 g/mol. The minimum atomic E-state index is -0.140. The summed E-state index contributed by atoms with van der Waals surface area (Å²) < 4.78 is 5.49. The molecular weight excluding hydrogens is 304 g/mol. The zero-order valence-corrected chi connectivity index (χ0v) is 14.5. The Balaban J connectivity index is 1.79. The molecule has 0 spiro atoms. The molecule has 2 aromatic rings. The smallest absolute Gasteiger partial charge is 0.318 e. The van der Waals surface area contributed by atoms with E-state index in [1.54, 1.807) is 4.90 Å². The number of carbonyl (C=O) groups is 1. The van der Waals surface area contributed by atoms with Gasteiger partial charge in [0.15, 0.2) is 0 Å². The summed E-state index contributed by atoms with van der Waals surface area (Å²) in [6, 6.07) is 7.90. The van der Waals surface area contributed by atoms with Crippen LogP contribution < -0.4 is 5.32 Å². The molecule has 24 heavy (non-hydrogen) atoms. The van der Waals surface area contributed by atoms with Crippen LogP contribution in [0.5, 0.6) is 0 Å². The second-order valence-electron chi connectivity index (χ2n) is 6.38. The van der Waals surface area contributed by atoms with E-state index in [4.69, 9.17) is 4.52 Å². The van der Waals surface area contributed by atoms with E-state index in [1.165, 1.54) is 0 Å². The van der Waals surface area contributed by atoms with Gasteiger partial charge in [-0.15, -0.1) is 0 Å². The molecule has 1 N–H and O–H groups in total. The van der Waals surface area contributed by atoms with Gasteiger partial charge in [-0.1, -0.05) is 36.3 Å². The van der Waals surface area contributed by atoms with Crippen LogP contribution in [-0.4, -0.2) is 33.7 Å². The van der Waals surface area contributed by atoms with Crippen LogP contribution in [0.1, 0.15) is 50.6 Å². The molecule has 1 aromatic carbocycles. The Morgan fingerprint density at radius 1 is 1.46 bits per heavy atom. The van der Waals surface area contributed by atoms with Crippen molar-refractivity contribution >= 4 is 6.03 Å². The molecule has 2 amide bonds. The van der Waals surface area contributed by atoms with Gasteiger partial charge in [-0.3, -0.25) is 0 Å². The Morgan fingerprint density at radius 2 is 2.25 bits per heavy atom. The number of hydrogen-bond donors (Lipinski definition) is 1. The van der Waals surface area contributed by atoms with Gasteiger partial charge in [-0.2, -0.15) is 4.98 Å². The van der Waals surface area contributed by atoms with Gasteiger partial charge in [0.1, 0.15) is 6.04 Å². The predicted octanol–water partition coefficient (Wildman–Crippen LogP) is 3.69. The Bertz CT molecular complexity index is 713. The van der Waals surface area contributed by atoms with E-state index in [9.17, 15) is 4.79 Å². The molecule has 0 bridgehead atoms. The van der Waals surface area contributed by atoms with Gasteiger partial charge in [-0.25, -0.2) is 4.79 Å². The highest BCUT2D eigenvalue weighted by Crippen LogP contribution is 2.32. The number of hydrogen-bond acceptors (Lipinski definition) is 4. The van der Waals surface area contributed by atoms with Crippen molar-refractivity contribution in [2.45, 2.75) is 52.1 Å². The second-order valence-corrected chi connectivity index (χ2v) is 6.38. The first-order valence-electron chi connectivity index (χ1n) is 8.57. The second kappa shape index (κ2) is 7.03. The van der Waals surface area contributed by atoms with E-state index < -0.39 is 0 Å². The molecule has 0 unspecified atom stereocenters. The molecule has 0 saturated carbocycles. The summed E-state index contributed by atoms with van der Waals surface area (Å²) in [5.41, 5.74) is 2.06. The zero-order chi connectivity index (χ0) is 17.1. The molecule has 1 saturated heterocycles. The van der Waals surface area contributed by atoms with Crippen LogP contribution in [0, 0.1) is 6.92 Å². The molecule has 0 radical (unpaired) electrons. The molecule has 1 aliphatic heterocycles. The number of rotatable bonds is 4. The van der Waals surface area contributed by atoms with Crippen LogP contribution in [-0.2, 0) is 0 Å². The Labute approximate surface area is 142 Å². The third kappa shape index (κ3) is 3.27. The summed E-state index contributed by atoms with van der Waals surface area (Å²) in [7, 11) is 0. The third-order valence-corrected chi connectivity index (χ3v) is 4.61. The number of benzene rings is 1. The molecule has 128 valence electrons. The standard InChI is InChI=1S/C18H24N4O2/c1-4-13(3)19-18(23)22-11-7-10-15(22)17-20-16(21-24-17)14-9-6-5-8-12(14)2/h5-6,8-9,13,15H,4,7,10-11H2,1-3H3,(H,19,23)/t13-,15+/m1/s1. The zero-order valence-electron chi connectivity index (χ0n) is 14.5. The molecule has 6 heteroatoms. The fourth-order valence-corrected chi connectivity index (χ4v) is 2.97. The molecule has 2 heterocycles. The van der Waals surface area contributed by atoms with Crippen molar-refractivity contribution in [2.24, 2.45) is 0 Å². The number of likely N-dealkylation sites (tertiary alicyclic amines) is 1. The quantitative estimate of drug-likeness (QED) is 0.929. The summed E-state index contributed by atoms with van der Waals surface area (Å²) >= 11 is 0. The largest absolute Gasteiger partial charge is 0.337 e. The van der Waals surface area contributed by atoms with Gasteiger partial charge >= 0.3 is 6.03 Å². The minimum absolute atomic E-state index is 0.0532. The van der Waals surface area contributed by atoms with Crippen LogP contribution >= 0.6 is 0 Å². The Hall–Kier alpha value is -2.37. The molecule has 3 rings (SSSR count). The molecule has 1 fully saturated rings. The summed E-state index contributed by atoms with van der Waals surface area (Å²) in [6.07, 6.45) is 2.70. The Kier molecular flexibility index (Phi) is 4.83. The van der Waals surface area contributed by atoms with Crippen molar-refractivity contribution in [3.8, 4) is 11.4 Å². The van der Waals surface area contributed by atoms with E-state index >= 15 is 0 Å². The topological polar surface area (TPSA) is 71.3 Å². The van der Waals surface area contributed by atoms with Crippen LogP contribution in [0.3, 0.4) is 0 Å². The van der Waals surface area contributed by atoms with E-state index in [1.807, 2.05) is 38.1 Å². The number of aryl methyl sites for hydroxylation is 1. The fraction of sp³-hybridized carbons (Fsp3) is 0.500. The maximum atomic E-state index is 12.5. The number of nitrogens with one attached hydrogen (secondary N) is 1. The minimum Gasteiger partial charge on any atom is -0.337 e. The van der Waals surface area contributed by atoms with Gasteiger partial charge in [0.25, 0.3) is 0 Å². The fourth-order valence-electron chi connectivity index (χ4n) is 2.97. The molecule has 6 nitrogen and oxygen atoms in total. The van der Waals surface area contributed by atoms with Gasteiger partial charge in [0.05, 0.1) is 0 Å². The molecular formula is C18H24N4O2. The first-order chi connectivity index (χ1) is 11.6. The monoisotopic (exact) mass is 328 g/mol.